The highest BCUT2D eigenvalue weighted by Crippen LogP contribution is 2.26. The molecule has 21 heavy (non-hydrogen) atoms. The Morgan fingerprint density at radius 1 is 0.952 bits per heavy atom. The minimum Gasteiger partial charge on any atom is -0.340 e. The second-order valence-corrected chi connectivity index (χ2v) is 6.40. The molecule has 1 N–H and O–H groups in total. The van der Waals surface area contributed by atoms with Crippen molar-refractivity contribution in [2.75, 3.05) is 39.3 Å². The van der Waals surface area contributed by atoms with Crippen molar-refractivity contribution in [2.45, 2.75) is 44.6 Å². The highest BCUT2D eigenvalue weighted by molar-refractivity contribution is 5.85. The van der Waals surface area contributed by atoms with Crippen LogP contribution in [0.15, 0.2) is 0 Å². The van der Waals surface area contributed by atoms with Crippen molar-refractivity contribution in [1.82, 2.24) is 15.1 Å². The van der Waals surface area contributed by atoms with Crippen LogP contribution in [0.2, 0.25) is 0 Å². The van der Waals surface area contributed by atoms with Crippen molar-refractivity contribution in [3.63, 3.8) is 0 Å². The molecule has 0 radical (unpaired) electrons. The molecule has 3 rings (SSSR count). The van der Waals surface area contributed by atoms with Gasteiger partial charge in [-0.05, 0) is 44.7 Å². The molecule has 0 unspecified atom stereocenters. The van der Waals surface area contributed by atoms with E-state index in [0.29, 0.717) is 11.8 Å². The summed E-state index contributed by atoms with van der Waals surface area (Å²) in [4.78, 5) is 17.0. The molecule has 2 heterocycles. The molecule has 124 valence electrons. The fraction of sp³-hybridized carbons (Fsp3) is 0.933. The molecule has 0 aromatic rings. The molecule has 4 nitrogen and oxygen atoms in total. The van der Waals surface area contributed by atoms with Gasteiger partial charge in [0.25, 0.3) is 0 Å². The molecule has 2 aliphatic heterocycles. The summed E-state index contributed by atoms with van der Waals surface area (Å²) in [6.07, 6.45) is 7.29. The van der Waals surface area contributed by atoms with E-state index in [1.54, 1.807) is 0 Å². The molecule has 0 spiro atoms. The zero-order valence-corrected chi connectivity index (χ0v) is 14.4. The van der Waals surface area contributed by atoms with Gasteiger partial charge in [-0.2, -0.15) is 0 Å². The Kier molecular flexibility index (Phi) is 8.32. The molecule has 0 bridgehead atoms. The monoisotopic (exact) mass is 337 g/mol. The molecular formula is C15H29Cl2N3O. The normalized spacial score (nSPS) is 24.7. The minimum atomic E-state index is 0. The first kappa shape index (κ1) is 19.0. The van der Waals surface area contributed by atoms with Crippen molar-refractivity contribution < 1.29 is 4.79 Å². The van der Waals surface area contributed by atoms with Gasteiger partial charge in [0.2, 0.25) is 5.91 Å². The van der Waals surface area contributed by atoms with Gasteiger partial charge in [-0.25, -0.2) is 0 Å². The molecule has 1 amide bonds. The molecule has 2 saturated heterocycles. The van der Waals surface area contributed by atoms with E-state index in [1.807, 2.05) is 0 Å². The standard InChI is InChI=1S/C15H27N3O.2ClH/c19-15(12-13-4-6-16-7-5-13)18-10-8-17(9-11-18)14-2-1-3-14;;/h13-14,16H,1-12H2;2*1H. The van der Waals surface area contributed by atoms with Gasteiger partial charge >= 0.3 is 0 Å². The van der Waals surface area contributed by atoms with Crippen molar-refractivity contribution in [3.05, 3.63) is 0 Å². The number of carbonyl (C=O) groups is 1. The van der Waals surface area contributed by atoms with Crippen molar-refractivity contribution in [3.8, 4) is 0 Å². The second-order valence-electron chi connectivity index (χ2n) is 6.40. The number of piperazine rings is 1. The second kappa shape index (κ2) is 9.19. The molecular weight excluding hydrogens is 309 g/mol. The molecule has 0 atom stereocenters. The van der Waals surface area contributed by atoms with Crippen LogP contribution in [0.1, 0.15) is 38.5 Å². The fourth-order valence-corrected chi connectivity index (χ4v) is 3.55. The Morgan fingerprint density at radius 2 is 1.57 bits per heavy atom. The average molecular weight is 338 g/mol. The highest BCUT2D eigenvalue weighted by Gasteiger charge is 2.30. The van der Waals surface area contributed by atoms with Gasteiger partial charge in [-0.3, -0.25) is 9.69 Å². The van der Waals surface area contributed by atoms with Crippen LogP contribution < -0.4 is 5.32 Å². The Hall–Kier alpha value is -0.0300. The first-order valence-electron chi connectivity index (χ1n) is 8.05. The molecule has 0 aromatic carbocycles. The zero-order valence-electron chi connectivity index (χ0n) is 12.8. The molecule has 6 heteroatoms. The fourth-order valence-electron chi connectivity index (χ4n) is 3.55. The van der Waals surface area contributed by atoms with Gasteiger partial charge < -0.3 is 10.2 Å². The van der Waals surface area contributed by atoms with Crippen LogP contribution >= 0.6 is 24.8 Å². The summed E-state index contributed by atoms with van der Waals surface area (Å²) < 4.78 is 0. The first-order valence-corrected chi connectivity index (χ1v) is 8.05. The maximum absolute atomic E-state index is 12.3. The Bertz CT molecular complexity index is 312. The lowest BCUT2D eigenvalue weighted by atomic mass is 9.91. The number of carbonyl (C=O) groups excluding carboxylic acids is 1. The first-order chi connectivity index (χ1) is 9.33. The lowest BCUT2D eigenvalue weighted by Gasteiger charge is -2.43. The van der Waals surface area contributed by atoms with E-state index in [-0.39, 0.29) is 24.8 Å². The summed E-state index contributed by atoms with van der Waals surface area (Å²) in [5, 5.41) is 3.37. The zero-order chi connectivity index (χ0) is 13.1. The summed E-state index contributed by atoms with van der Waals surface area (Å²) in [6, 6.07) is 0.835. The highest BCUT2D eigenvalue weighted by atomic mass is 35.5. The maximum atomic E-state index is 12.3. The number of halogens is 2. The number of hydrogen-bond acceptors (Lipinski definition) is 3. The van der Waals surface area contributed by atoms with Crippen LogP contribution in [0.25, 0.3) is 0 Å². The number of nitrogens with one attached hydrogen (secondary N) is 1. The molecule has 3 fully saturated rings. The minimum absolute atomic E-state index is 0. The number of rotatable bonds is 3. The summed E-state index contributed by atoms with van der Waals surface area (Å²) in [7, 11) is 0. The molecule has 3 aliphatic rings. The topological polar surface area (TPSA) is 35.6 Å². The molecule has 1 aliphatic carbocycles. The third-order valence-corrected chi connectivity index (χ3v) is 5.18. The van der Waals surface area contributed by atoms with Gasteiger partial charge in [0, 0.05) is 38.6 Å². The third kappa shape index (κ3) is 4.98. The van der Waals surface area contributed by atoms with Crippen LogP contribution in [-0.4, -0.2) is 61.0 Å². The molecule has 1 saturated carbocycles. The van der Waals surface area contributed by atoms with Gasteiger partial charge in [0.05, 0.1) is 0 Å². The van der Waals surface area contributed by atoms with E-state index in [4.69, 9.17) is 0 Å². The lowest BCUT2D eigenvalue weighted by Crippen LogP contribution is -2.53. The van der Waals surface area contributed by atoms with Crippen LogP contribution in [0.3, 0.4) is 0 Å². The van der Waals surface area contributed by atoms with Crippen LogP contribution in [0.4, 0.5) is 0 Å². The van der Waals surface area contributed by atoms with Gasteiger partial charge in [-0.15, -0.1) is 24.8 Å². The van der Waals surface area contributed by atoms with Gasteiger partial charge in [0.15, 0.2) is 0 Å². The number of piperidine rings is 1. The van der Waals surface area contributed by atoms with E-state index in [0.717, 1.165) is 51.7 Å². The van der Waals surface area contributed by atoms with E-state index in [9.17, 15) is 4.79 Å². The van der Waals surface area contributed by atoms with Gasteiger partial charge in [-0.1, -0.05) is 6.42 Å². The van der Waals surface area contributed by atoms with Crippen LogP contribution in [0.5, 0.6) is 0 Å². The lowest BCUT2D eigenvalue weighted by molar-refractivity contribution is -0.134. The summed E-state index contributed by atoms with van der Waals surface area (Å²) >= 11 is 0. The summed E-state index contributed by atoms with van der Waals surface area (Å²) in [5.74, 6) is 1.03. The van der Waals surface area contributed by atoms with Crippen molar-refractivity contribution in [1.29, 1.82) is 0 Å². The largest absolute Gasteiger partial charge is 0.340 e. The maximum Gasteiger partial charge on any atom is 0.222 e. The quantitative estimate of drug-likeness (QED) is 0.854. The average Bonchev–Trinajstić information content (AvgIpc) is 2.39. The Labute approximate surface area is 140 Å². The molecule has 0 aromatic heterocycles. The third-order valence-electron chi connectivity index (χ3n) is 5.18. The SMILES string of the molecule is Cl.Cl.O=C(CC1CCNCC1)N1CCN(C2CCC2)CC1. The number of nitrogens with zero attached hydrogens (tertiary/aromatic N) is 2. The van der Waals surface area contributed by atoms with Crippen molar-refractivity contribution >= 4 is 30.7 Å². The van der Waals surface area contributed by atoms with Crippen LogP contribution in [-0.2, 0) is 4.79 Å². The van der Waals surface area contributed by atoms with E-state index >= 15 is 0 Å². The predicted octanol–water partition coefficient (Wildman–Crippen LogP) is 1.92. The van der Waals surface area contributed by atoms with E-state index < -0.39 is 0 Å². The summed E-state index contributed by atoms with van der Waals surface area (Å²) in [5.41, 5.74) is 0. The Balaban J connectivity index is 0.00000110. The van der Waals surface area contributed by atoms with Gasteiger partial charge in [0.1, 0.15) is 0 Å². The number of hydrogen-bond donors (Lipinski definition) is 1. The van der Waals surface area contributed by atoms with E-state index in [1.165, 1.54) is 32.1 Å². The summed E-state index contributed by atoms with van der Waals surface area (Å²) in [6.45, 7) is 6.30. The Morgan fingerprint density at radius 3 is 2.10 bits per heavy atom. The predicted molar refractivity (Wildman–Crippen MR) is 90.5 cm³/mol. The number of amides is 1. The van der Waals surface area contributed by atoms with Crippen LogP contribution in [0, 0.1) is 5.92 Å². The van der Waals surface area contributed by atoms with Crippen molar-refractivity contribution in [2.24, 2.45) is 5.92 Å². The van der Waals surface area contributed by atoms with E-state index in [2.05, 4.69) is 15.1 Å². The smallest absolute Gasteiger partial charge is 0.222 e.